The molecule has 1 unspecified atom stereocenters. The molecule has 0 N–H and O–H groups in total. The SMILES string of the molecule is O=C1CC(c2nc(-c3ccc(Cl)cc3)no2)CCCN1c1ccc(F)cc1. The fourth-order valence-corrected chi connectivity index (χ4v) is 3.39. The van der Waals surface area contributed by atoms with Crippen molar-refractivity contribution in [2.24, 2.45) is 0 Å². The van der Waals surface area contributed by atoms with E-state index in [1.54, 1.807) is 29.2 Å². The molecule has 0 radical (unpaired) electrons. The van der Waals surface area contributed by atoms with Gasteiger partial charge < -0.3 is 9.42 Å². The summed E-state index contributed by atoms with van der Waals surface area (Å²) in [6.45, 7) is 0.582. The number of carbonyl (C=O) groups excluding carboxylic acids is 1. The van der Waals surface area contributed by atoms with Crippen molar-refractivity contribution in [1.29, 1.82) is 0 Å². The van der Waals surface area contributed by atoms with Crippen LogP contribution in [0.25, 0.3) is 11.4 Å². The number of rotatable bonds is 3. The Morgan fingerprint density at radius 3 is 2.59 bits per heavy atom. The van der Waals surface area contributed by atoms with Crippen molar-refractivity contribution in [3.05, 3.63) is 65.3 Å². The Labute approximate surface area is 160 Å². The van der Waals surface area contributed by atoms with Crippen LogP contribution in [0.15, 0.2) is 53.1 Å². The van der Waals surface area contributed by atoms with Gasteiger partial charge in [0.2, 0.25) is 17.6 Å². The summed E-state index contributed by atoms with van der Waals surface area (Å²) >= 11 is 5.91. The Balaban J connectivity index is 1.51. The van der Waals surface area contributed by atoms with E-state index in [9.17, 15) is 9.18 Å². The van der Waals surface area contributed by atoms with Gasteiger partial charge in [-0.05, 0) is 61.4 Å². The largest absolute Gasteiger partial charge is 0.339 e. The molecule has 0 spiro atoms. The van der Waals surface area contributed by atoms with Gasteiger partial charge in [0.05, 0.1) is 0 Å². The molecule has 1 saturated heterocycles. The zero-order chi connectivity index (χ0) is 18.8. The molecular weight excluding hydrogens is 369 g/mol. The highest BCUT2D eigenvalue weighted by atomic mass is 35.5. The van der Waals surface area contributed by atoms with Gasteiger partial charge in [-0.2, -0.15) is 4.98 Å². The molecule has 27 heavy (non-hydrogen) atoms. The summed E-state index contributed by atoms with van der Waals surface area (Å²) in [4.78, 5) is 18.9. The van der Waals surface area contributed by atoms with E-state index in [1.165, 1.54) is 12.1 Å². The molecular formula is C20H17ClFN3O2. The van der Waals surface area contributed by atoms with Crippen LogP contribution in [0.5, 0.6) is 0 Å². The standard InChI is InChI=1S/C20H17ClFN3O2/c21-15-5-3-13(4-6-15)19-23-20(27-24-19)14-2-1-11-25(18(26)12-14)17-9-7-16(22)8-10-17/h3-10,14H,1-2,11-12H2. The van der Waals surface area contributed by atoms with Gasteiger partial charge in [-0.15, -0.1) is 0 Å². The number of hydrogen-bond acceptors (Lipinski definition) is 4. The molecule has 0 aliphatic carbocycles. The maximum absolute atomic E-state index is 13.1. The van der Waals surface area contributed by atoms with Crippen LogP contribution in [0.4, 0.5) is 10.1 Å². The van der Waals surface area contributed by atoms with Crippen molar-refractivity contribution in [2.45, 2.75) is 25.2 Å². The van der Waals surface area contributed by atoms with Crippen LogP contribution in [0, 0.1) is 5.82 Å². The normalized spacial score (nSPS) is 17.8. The fourth-order valence-electron chi connectivity index (χ4n) is 3.27. The van der Waals surface area contributed by atoms with Crippen LogP contribution < -0.4 is 4.90 Å². The Morgan fingerprint density at radius 1 is 1.11 bits per heavy atom. The van der Waals surface area contributed by atoms with Crippen LogP contribution >= 0.6 is 11.6 Å². The Morgan fingerprint density at radius 2 is 1.85 bits per heavy atom. The topological polar surface area (TPSA) is 59.2 Å². The number of benzene rings is 2. The monoisotopic (exact) mass is 385 g/mol. The number of aromatic nitrogens is 2. The highest BCUT2D eigenvalue weighted by Gasteiger charge is 2.29. The number of carbonyl (C=O) groups is 1. The molecule has 7 heteroatoms. The summed E-state index contributed by atoms with van der Waals surface area (Å²) in [6, 6.07) is 13.2. The molecule has 0 saturated carbocycles. The van der Waals surface area contributed by atoms with Crippen molar-refractivity contribution in [1.82, 2.24) is 10.1 Å². The van der Waals surface area contributed by atoms with Crippen molar-refractivity contribution in [3.8, 4) is 11.4 Å². The van der Waals surface area contributed by atoms with Crippen molar-refractivity contribution < 1.29 is 13.7 Å². The van der Waals surface area contributed by atoms with E-state index in [0.717, 1.165) is 18.4 Å². The van der Waals surface area contributed by atoms with Gasteiger partial charge in [0, 0.05) is 35.2 Å². The van der Waals surface area contributed by atoms with Gasteiger partial charge in [-0.25, -0.2) is 4.39 Å². The molecule has 1 fully saturated rings. The van der Waals surface area contributed by atoms with Gasteiger partial charge in [-0.3, -0.25) is 4.79 Å². The lowest BCUT2D eigenvalue weighted by atomic mass is 10.0. The molecule has 138 valence electrons. The third kappa shape index (κ3) is 3.85. The molecule has 4 rings (SSSR count). The average molecular weight is 386 g/mol. The molecule has 1 aliphatic heterocycles. The predicted octanol–water partition coefficient (Wildman–Crippen LogP) is 4.83. The van der Waals surface area contributed by atoms with E-state index in [0.29, 0.717) is 29.0 Å². The molecule has 5 nitrogen and oxygen atoms in total. The minimum absolute atomic E-state index is 0.0321. The van der Waals surface area contributed by atoms with E-state index < -0.39 is 0 Å². The van der Waals surface area contributed by atoms with E-state index in [4.69, 9.17) is 16.1 Å². The first-order valence-electron chi connectivity index (χ1n) is 8.75. The van der Waals surface area contributed by atoms with Gasteiger partial charge in [0.15, 0.2) is 0 Å². The van der Waals surface area contributed by atoms with E-state index in [2.05, 4.69) is 10.1 Å². The lowest BCUT2D eigenvalue weighted by molar-refractivity contribution is -0.118. The summed E-state index contributed by atoms with van der Waals surface area (Å²) in [5, 5.41) is 4.67. The molecule has 1 aromatic heterocycles. The van der Waals surface area contributed by atoms with Crippen molar-refractivity contribution in [3.63, 3.8) is 0 Å². The minimum atomic E-state index is -0.320. The number of amides is 1. The number of hydrogen-bond donors (Lipinski definition) is 0. The molecule has 2 heterocycles. The minimum Gasteiger partial charge on any atom is -0.339 e. The lowest BCUT2D eigenvalue weighted by Gasteiger charge is -2.20. The summed E-state index contributed by atoms with van der Waals surface area (Å²) in [5.41, 5.74) is 1.51. The third-order valence-corrected chi connectivity index (χ3v) is 4.94. The second-order valence-corrected chi connectivity index (χ2v) is 6.96. The zero-order valence-corrected chi connectivity index (χ0v) is 15.2. The number of nitrogens with zero attached hydrogens (tertiary/aromatic N) is 3. The van der Waals surface area contributed by atoms with Crippen molar-refractivity contribution in [2.75, 3.05) is 11.4 Å². The highest BCUT2D eigenvalue weighted by Crippen LogP contribution is 2.31. The van der Waals surface area contributed by atoms with Crippen molar-refractivity contribution >= 4 is 23.2 Å². The van der Waals surface area contributed by atoms with Gasteiger partial charge in [0.25, 0.3) is 0 Å². The Hall–Kier alpha value is -2.73. The third-order valence-electron chi connectivity index (χ3n) is 4.69. The molecule has 3 aromatic rings. The van der Waals surface area contributed by atoms with E-state index >= 15 is 0 Å². The summed E-state index contributed by atoms with van der Waals surface area (Å²) in [7, 11) is 0. The molecule has 1 amide bonds. The molecule has 0 bridgehead atoms. The number of anilines is 1. The summed E-state index contributed by atoms with van der Waals surface area (Å²) in [5.74, 6) is 0.467. The fraction of sp³-hybridized carbons (Fsp3) is 0.250. The first kappa shape index (κ1) is 17.7. The first-order valence-corrected chi connectivity index (χ1v) is 9.13. The maximum atomic E-state index is 13.1. The smallest absolute Gasteiger partial charge is 0.230 e. The van der Waals surface area contributed by atoms with Crippen LogP contribution in [-0.2, 0) is 4.79 Å². The van der Waals surface area contributed by atoms with Gasteiger partial charge in [0.1, 0.15) is 5.82 Å². The molecule has 1 aliphatic rings. The van der Waals surface area contributed by atoms with Crippen LogP contribution in [0.1, 0.15) is 31.1 Å². The quantitative estimate of drug-likeness (QED) is 0.648. The van der Waals surface area contributed by atoms with Crippen LogP contribution in [0.3, 0.4) is 0 Å². The van der Waals surface area contributed by atoms with Gasteiger partial charge >= 0.3 is 0 Å². The summed E-state index contributed by atoms with van der Waals surface area (Å²) in [6.07, 6.45) is 1.84. The van der Waals surface area contributed by atoms with E-state index in [1.807, 2.05) is 12.1 Å². The van der Waals surface area contributed by atoms with Crippen LogP contribution in [-0.4, -0.2) is 22.6 Å². The zero-order valence-electron chi connectivity index (χ0n) is 14.4. The maximum Gasteiger partial charge on any atom is 0.230 e. The lowest BCUT2D eigenvalue weighted by Crippen LogP contribution is -2.30. The van der Waals surface area contributed by atoms with E-state index in [-0.39, 0.29) is 24.1 Å². The first-order chi connectivity index (χ1) is 13.1. The Bertz CT molecular complexity index is 941. The average Bonchev–Trinajstić information content (AvgIpc) is 3.08. The Kier molecular flexibility index (Phi) is 4.90. The molecule has 1 atom stereocenters. The predicted molar refractivity (Wildman–Crippen MR) is 100 cm³/mol. The number of halogens is 2. The second-order valence-electron chi connectivity index (χ2n) is 6.53. The highest BCUT2D eigenvalue weighted by molar-refractivity contribution is 6.30. The summed E-state index contributed by atoms with van der Waals surface area (Å²) < 4.78 is 18.6. The van der Waals surface area contributed by atoms with Gasteiger partial charge in [-0.1, -0.05) is 16.8 Å². The second kappa shape index (κ2) is 7.48. The molecule has 2 aromatic carbocycles. The van der Waals surface area contributed by atoms with Crippen LogP contribution in [0.2, 0.25) is 5.02 Å².